The number of benzene rings is 1. The van der Waals surface area contributed by atoms with E-state index in [1.165, 1.54) is 17.0 Å². The van der Waals surface area contributed by atoms with Gasteiger partial charge < -0.3 is 9.26 Å². The van der Waals surface area contributed by atoms with E-state index in [0.717, 1.165) is 0 Å². The molecule has 1 saturated heterocycles. The molecule has 2 N–H and O–H groups in total. The van der Waals surface area contributed by atoms with Gasteiger partial charge in [0.05, 0.1) is 24.9 Å². The number of anilines is 1. The second kappa shape index (κ2) is 10.6. The van der Waals surface area contributed by atoms with Crippen LogP contribution in [0.15, 0.2) is 75.8 Å². The van der Waals surface area contributed by atoms with Gasteiger partial charge in [-0.3, -0.25) is 28.9 Å². The van der Waals surface area contributed by atoms with Gasteiger partial charge in [-0.25, -0.2) is 9.36 Å². The Balaban J connectivity index is 1.55. The minimum absolute atomic E-state index is 0.142. The Morgan fingerprint density at radius 3 is 2.83 bits per heavy atom. The van der Waals surface area contributed by atoms with E-state index in [0.29, 0.717) is 11.3 Å². The van der Waals surface area contributed by atoms with Crippen molar-refractivity contribution in [2.45, 2.75) is 31.7 Å². The number of H-pyrrole nitrogens is 1. The fourth-order valence-electron chi connectivity index (χ4n) is 3.49. The Hall–Kier alpha value is -3.89. The molecule has 1 aliphatic rings. The molecule has 0 aliphatic carbocycles. The lowest BCUT2D eigenvalue weighted by Crippen LogP contribution is -2.33. The van der Waals surface area contributed by atoms with Gasteiger partial charge >= 0.3 is 13.4 Å². The second-order valence-corrected chi connectivity index (χ2v) is 9.33. The average Bonchev–Trinajstić information content (AvgIpc) is 3.24. The van der Waals surface area contributed by atoms with Gasteiger partial charge in [0.25, 0.3) is 5.56 Å². The standard InChI is InChI=1S/C21H22N7O6P/c1-14-12-28(21(30)24-20(14)29)19-10-17(25-27-22)18(33-19)13-32-35(31,26-15-6-3-2-4-7-15)34-16-8-5-9-23-11-16/h2-9,11-12,17-19H,10,13H2,1H3,(H,26,31)(H,24,29,30)/t17?,18-,19-,35?/m1/s1. The molecule has 13 nitrogen and oxygen atoms in total. The Morgan fingerprint density at radius 2 is 2.11 bits per heavy atom. The van der Waals surface area contributed by atoms with Crippen molar-refractivity contribution in [3.05, 3.63) is 97.9 Å². The van der Waals surface area contributed by atoms with Gasteiger partial charge in [0, 0.05) is 35.0 Å². The van der Waals surface area contributed by atoms with Gasteiger partial charge in [0.2, 0.25) is 0 Å². The number of nitrogens with zero attached hydrogens (tertiary/aromatic N) is 5. The number of pyridine rings is 1. The first-order chi connectivity index (χ1) is 16.9. The maximum absolute atomic E-state index is 13.6. The molecule has 35 heavy (non-hydrogen) atoms. The van der Waals surface area contributed by atoms with Crippen LogP contribution in [0.5, 0.6) is 5.75 Å². The van der Waals surface area contributed by atoms with Crippen molar-refractivity contribution < 1.29 is 18.3 Å². The second-order valence-electron chi connectivity index (χ2n) is 7.67. The number of hydrogen-bond donors (Lipinski definition) is 2. The summed E-state index contributed by atoms with van der Waals surface area (Å²) in [6, 6.07) is 11.2. The predicted molar refractivity (Wildman–Crippen MR) is 126 cm³/mol. The molecule has 14 heteroatoms. The Labute approximate surface area is 198 Å². The molecule has 0 bridgehead atoms. The van der Waals surface area contributed by atoms with Gasteiger partial charge in [0.1, 0.15) is 12.0 Å². The molecule has 3 aromatic rings. The Bertz CT molecular complexity index is 1330. The van der Waals surface area contributed by atoms with E-state index < -0.39 is 37.4 Å². The van der Waals surface area contributed by atoms with Gasteiger partial charge in [-0.15, -0.1) is 0 Å². The SMILES string of the molecule is Cc1cn([C@H]2CC(N=[N+]=[N-])[C@@H](COP(=O)(Nc3ccccc3)Oc3cccnc3)O2)c(=O)[nH]c1=O. The number of azide groups is 1. The van der Waals surface area contributed by atoms with E-state index >= 15 is 0 Å². The molecule has 2 unspecified atom stereocenters. The smallest absolute Gasteiger partial charge is 0.407 e. The molecule has 2 aromatic heterocycles. The zero-order valence-corrected chi connectivity index (χ0v) is 19.4. The molecular weight excluding hydrogens is 477 g/mol. The summed E-state index contributed by atoms with van der Waals surface area (Å²) in [5.74, 6) is 0.214. The summed E-state index contributed by atoms with van der Waals surface area (Å²) in [4.78, 5) is 33.0. The topological polar surface area (TPSA) is 173 Å². The van der Waals surface area contributed by atoms with Crippen LogP contribution < -0.4 is 20.9 Å². The number of ether oxygens (including phenoxy) is 1. The quantitative estimate of drug-likeness (QED) is 0.195. The Kier molecular flexibility index (Phi) is 7.33. The first kappa shape index (κ1) is 24.2. The predicted octanol–water partition coefficient (Wildman–Crippen LogP) is 3.52. The number of aryl methyl sites for hydroxylation is 1. The zero-order valence-electron chi connectivity index (χ0n) is 18.6. The summed E-state index contributed by atoms with van der Waals surface area (Å²) in [6.07, 6.45) is 2.76. The van der Waals surface area contributed by atoms with Gasteiger partial charge in [-0.05, 0) is 36.7 Å². The highest BCUT2D eigenvalue weighted by Crippen LogP contribution is 2.48. The minimum Gasteiger partial charge on any atom is -0.407 e. The third kappa shape index (κ3) is 5.97. The summed E-state index contributed by atoms with van der Waals surface area (Å²) < 4.78 is 32.1. The van der Waals surface area contributed by atoms with E-state index in [2.05, 4.69) is 25.1 Å². The molecule has 1 fully saturated rings. The van der Waals surface area contributed by atoms with Crippen molar-refractivity contribution in [1.29, 1.82) is 0 Å². The van der Waals surface area contributed by atoms with E-state index in [9.17, 15) is 14.2 Å². The summed E-state index contributed by atoms with van der Waals surface area (Å²) in [6.45, 7) is 1.27. The van der Waals surface area contributed by atoms with Crippen LogP contribution in [-0.4, -0.2) is 33.3 Å². The van der Waals surface area contributed by atoms with Crippen LogP contribution in [0, 0.1) is 6.92 Å². The van der Waals surface area contributed by atoms with Gasteiger partial charge in [0.15, 0.2) is 0 Å². The molecule has 4 rings (SSSR count). The fraction of sp³-hybridized carbons (Fsp3) is 0.286. The van der Waals surface area contributed by atoms with Crippen LogP contribution in [0.3, 0.4) is 0 Å². The van der Waals surface area contributed by atoms with Crippen molar-refractivity contribution in [3.8, 4) is 5.75 Å². The summed E-state index contributed by atoms with van der Waals surface area (Å²) in [5, 5.41) is 6.52. The molecule has 1 aliphatic heterocycles. The highest BCUT2D eigenvalue weighted by Gasteiger charge is 2.39. The lowest BCUT2D eigenvalue weighted by Gasteiger charge is -2.23. The van der Waals surface area contributed by atoms with Gasteiger partial charge in [-0.1, -0.05) is 23.3 Å². The van der Waals surface area contributed by atoms with Crippen LogP contribution in [0.1, 0.15) is 18.2 Å². The van der Waals surface area contributed by atoms with Crippen LogP contribution in [0.2, 0.25) is 0 Å². The number of aromatic amines is 1. The lowest BCUT2D eigenvalue weighted by atomic mass is 10.1. The number of aromatic nitrogens is 3. The summed E-state index contributed by atoms with van der Waals surface area (Å²) in [5.41, 5.74) is 8.64. The number of hydrogen-bond acceptors (Lipinski definition) is 8. The van der Waals surface area contributed by atoms with Crippen LogP contribution in [0.4, 0.5) is 5.69 Å². The van der Waals surface area contributed by atoms with Crippen molar-refractivity contribution in [1.82, 2.24) is 14.5 Å². The molecule has 182 valence electrons. The molecule has 0 radical (unpaired) electrons. The third-order valence-corrected chi connectivity index (χ3v) is 6.64. The minimum atomic E-state index is -4.00. The molecule has 0 spiro atoms. The summed E-state index contributed by atoms with van der Waals surface area (Å²) >= 11 is 0. The highest BCUT2D eigenvalue weighted by molar-refractivity contribution is 7.55. The summed E-state index contributed by atoms with van der Waals surface area (Å²) in [7, 11) is -4.00. The first-order valence-electron chi connectivity index (χ1n) is 10.6. The molecule has 1 aromatic carbocycles. The number of rotatable bonds is 9. The number of nitrogens with one attached hydrogen (secondary N) is 2. The molecule has 3 heterocycles. The monoisotopic (exact) mass is 499 g/mol. The maximum Gasteiger partial charge on any atom is 0.486 e. The van der Waals surface area contributed by atoms with Crippen LogP contribution in [0.25, 0.3) is 10.4 Å². The molecular formula is C21H22N7O6P. The van der Waals surface area contributed by atoms with Crippen molar-refractivity contribution >= 4 is 13.4 Å². The highest BCUT2D eigenvalue weighted by atomic mass is 31.2. The van der Waals surface area contributed by atoms with Crippen molar-refractivity contribution in [2.75, 3.05) is 11.7 Å². The lowest BCUT2D eigenvalue weighted by molar-refractivity contribution is -0.0234. The number of para-hydroxylation sites is 1. The van der Waals surface area contributed by atoms with E-state index in [1.807, 2.05) is 0 Å². The molecule has 4 atom stereocenters. The normalized spacial score (nSPS) is 21.0. The first-order valence-corrected chi connectivity index (χ1v) is 12.1. The largest absolute Gasteiger partial charge is 0.486 e. The van der Waals surface area contributed by atoms with E-state index in [-0.39, 0.29) is 18.8 Å². The van der Waals surface area contributed by atoms with Crippen LogP contribution >= 0.6 is 7.75 Å². The maximum atomic E-state index is 13.6. The van der Waals surface area contributed by atoms with E-state index in [4.69, 9.17) is 19.3 Å². The average molecular weight is 499 g/mol. The van der Waals surface area contributed by atoms with Crippen LogP contribution in [-0.2, 0) is 13.8 Å². The fourth-order valence-corrected chi connectivity index (χ4v) is 4.84. The Morgan fingerprint density at radius 1 is 1.31 bits per heavy atom. The molecule has 0 saturated carbocycles. The van der Waals surface area contributed by atoms with Crippen molar-refractivity contribution in [3.63, 3.8) is 0 Å². The van der Waals surface area contributed by atoms with Gasteiger partial charge in [-0.2, -0.15) is 0 Å². The molecule has 0 amide bonds. The van der Waals surface area contributed by atoms with Crippen molar-refractivity contribution in [2.24, 2.45) is 5.11 Å². The third-order valence-electron chi connectivity index (χ3n) is 5.17. The van der Waals surface area contributed by atoms with E-state index in [1.54, 1.807) is 55.6 Å². The zero-order chi connectivity index (χ0) is 24.8.